The lowest BCUT2D eigenvalue weighted by Gasteiger charge is -2.41. The molecule has 0 bridgehead atoms. The summed E-state index contributed by atoms with van der Waals surface area (Å²) < 4.78 is 12.8. The summed E-state index contributed by atoms with van der Waals surface area (Å²) in [7, 11) is 1.05. The van der Waals surface area contributed by atoms with Gasteiger partial charge in [-0.15, -0.1) is 0 Å². The van der Waals surface area contributed by atoms with E-state index in [2.05, 4.69) is 27.2 Å². The topological polar surface area (TPSA) is 91.2 Å². The van der Waals surface area contributed by atoms with E-state index in [-0.39, 0.29) is 12.1 Å². The van der Waals surface area contributed by atoms with E-state index in [4.69, 9.17) is 16.6 Å². The zero-order valence-corrected chi connectivity index (χ0v) is 18.6. The van der Waals surface area contributed by atoms with E-state index in [0.717, 1.165) is 61.5 Å². The number of rotatable bonds is 6. The van der Waals surface area contributed by atoms with Crippen molar-refractivity contribution in [2.45, 2.75) is 61.4 Å². The Bertz CT molecular complexity index is 990. The highest BCUT2D eigenvalue weighted by atomic mass is 35.5. The third-order valence-corrected chi connectivity index (χ3v) is 8.46. The molecule has 1 fully saturated rings. The molecule has 1 saturated carbocycles. The lowest BCUT2D eigenvalue weighted by atomic mass is 9.77. The second-order valence-corrected chi connectivity index (χ2v) is 10.6. The number of aryl methyl sites for hydroxylation is 1. The highest BCUT2D eigenvalue weighted by Gasteiger charge is 2.41. The number of halogens is 1. The highest BCUT2D eigenvalue weighted by Crippen LogP contribution is 2.44. The molecule has 3 aliphatic rings. The summed E-state index contributed by atoms with van der Waals surface area (Å²) in [4.78, 5) is 16.7. The van der Waals surface area contributed by atoms with Gasteiger partial charge in [-0.25, -0.2) is 15.0 Å². The second kappa shape index (κ2) is 7.73. The molecule has 2 aromatic heterocycles. The monoisotopic (exact) mass is 447 g/mol. The Kier molecular flexibility index (Phi) is 5.19. The van der Waals surface area contributed by atoms with Gasteiger partial charge in [0.2, 0.25) is 0 Å². The second-order valence-electron chi connectivity index (χ2n) is 8.61. The van der Waals surface area contributed by atoms with Crippen LogP contribution in [0.5, 0.6) is 0 Å². The molecule has 1 unspecified atom stereocenters. The van der Waals surface area contributed by atoms with Crippen molar-refractivity contribution in [3.8, 4) is 0 Å². The van der Waals surface area contributed by atoms with Crippen LogP contribution in [-0.4, -0.2) is 55.3 Å². The molecule has 0 spiro atoms. The van der Waals surface area contributed by atoms with Gasteiger partial charge in [-0.1, -0.05) is 11.6 Å². The molecule has 2 aromatic rings. The fourth-order valence-corrected chi connectivity index (χ4v) is 6.32. The van der Waals surface area contributed by atoms with E-state index in [1.165, 1.54) is 11.1 Å². The maximum Gasteiger partial charge on any atom is 0.145 e. The summed E-state index contributed by atoms with van der Waals surface area (Å²) in [5, 5.41) is 13.9. The van der Waals surface area contributed by atoms with E-state index < -0.39 is 10.8 Å². The number of hydrogen-bond acceptors (Lipinski definition) is 7. The van der Waals surface area contributed by atoms with Gasteiger partial charge in [-0.2, -0.15) is 0 Å². The first-order valence-corrected chi connectivity index (χ1v) is 12.2. The minimum atomic E-state index is -1.03. The van der Waals surface area contributed by atoms with Crippen LogP contribution >= 0.6 is 11.6 Å². The number of nitrogens with zero attached hydrogens (tertiary/aromatic N) is 4. The lowest BCUT2D eigenvalue weighted by molar-refractivity contribution is 0.143. The number of aromatic nitrogens is 3. The molecule has 9 heteroatoms. The Morgan fingerprint density at radius 2 is 2.10 bits per heavy atom. The molecule has 5 rings (SSSR count). The van der Waals surface area contributed by atoms with E-state index in [9.17, 15) is 9.32 Å². The average molecular weight is 448 g/mol. The van der Waals surface area contributed by atoms with E-state index in [0.29, 0.717) is 22.6 Å². The number of hydrogen-bond donors (Lipinski definition) is 2. The summed E-state index contributed by atoms with van der Waals surface area (Å²) in [5.41, 5.74) is 2.12. The summed E-state index contributed by atoms with van der Waals surface area (Å²) in [6, 6.07) is 0.302. The zero-order chi connectivity index (χ0) is 20.9. The summed E-state index contributed by atoms with van der Waals surface area (Å²) in [6.45, 7) is 0.0761. The van der Waals surface area contributed by atoms with Gasteiger partial charge in [0.1, 0.15) is 17.5 Å². The van der Waals surface area contributed by atoms with Gasteiger partial charge >= 0.3 is 0 Å². The van der Waals surface area contributed by atoms with Crippen LogP contribution in [0.1, 0.15) is 42.6 Å². The molecular weight excluding hydrogens is 422 g/mol. The van der Waals surface area contributed by atoms with Crippen LogP contribution in [0.25, 0.3) is 0 Å². The number of fused-ring (bicyclic) bond motifs is 3. The van der Waals surface area contributed by atoms with Gasteiger partial charge in [0, 0.05) is 43.2 Å². The van der Waals surface area contributed by atoms with Crippen molar-refractivity contribution in [2.24, 2.45) is 0 Å². The molecule has 160 valence electrons. The SMILES string of the molecule is CN1c2nc(NC3(CO)CCC3)c3c(c2CC1CCc1ncc(Cl)cn1)CC[S@@]3=O. The minimum Gasteiger partial charge on any atom is -0.394 e. The van der Waals surface area contributed by atoms with Crippen molar-refractivity contribution < 1.29 is 9.32 Å². The molecule has 30 heavy (non-hydrogen) atoms. The average Bonchev–Trinajstić information content (AvgIpc) is 3.25. The van der Waals surface area contributed by atoms with Crippen molar-refractivity contribution in [1.29, 1.82) is 0 Å². The van der Waals surface area contributed by atoms with Crippen molar-refractivity contribution >= 4 is 34.0 Å². The molecule has 1 aliphatic carbocycles. The number of aliphatic hydroxyl groups excluding tert-OH is 1. The van der Waals surface area contributed by atoms with Gasteiger partial charge < -0.3 is 15.3 Å². The van der Waals surface area contributed by atoms with E-state index >= 15 is 0 Å². The Labute approximate surface area is 183 Å². The predicted molar refractivity (Wildman–Crippen MR) is 118 cm³/mol. The molecule has 0 aromatic carbocycles. The third-order valence-electron chi connectivity index (χ3n) is 6.80. The molecular formula is C21H26ClN5O2S. The summed E-state index contributed by atoms with van der Waals surface area (Å²) in [6.07, 6.45) is 9.62. The minimum absolute atomic E-state index is 0.0761. The van der Waals surface area contributed by atoms with Crippen LogP contribution < -0.4 is 10.2 Å². The first-order chi connectivity index (χ1) is 14.5. The molecule has 2 N–H and O–H groups in total. The van der Waals surface area contributed by atoms with Crippen LogP contribution in [0.4, 0.5) is 11.6 Å². The van der Waals surface area contributed by atoms with Crippen LogP contribution in [0.3, 0.4) is 0 Å². The first kappa shape index (κ1) is 20.2. The van der Waals surface area contributed by atoms with E-state index in [1.807, 2.05) is 0 Å². The maximum atomic E-state index is 12.8. The summed E-state index contributed by atoms with van der Waals surface area (Å²) >= 11 is 5.89. The number of pyridine rings is 1. The Balaban J connectivity index is 1.41. The summed E-state index contributed by atoms with van der Waals surface area (Å²) in [5.74, 6) is 3.13. The largest absolute Gasteiger partial charge is 0.394 e. The van der Waals surface area contributed by atoms with Gasteiger partial charge in [-0.05, 0) is 44.1 Å². The standard InChI is InChI=1S/C21H26ClN5O2S/c1-27-14(3-4-17-23-10-13(22)11-24-17)9-16-15-5-8-30(29)18(15)19(25-20(16)27)26-21(12-28)6-2-7-21/h10-11,14,28H,2-9,12H2,1H3,(H,25,26)/t14?,30-/m0/s1. The fourth-order valence-electron chi connectivity index (χ4n) is 4.82. The van der Waals surface area contributed by atoms with Gasteiger partial charge in [-0.3, -0.25) is 4.21 Å². The number of anilines is 2. The normalized spacial score (nSPS) is 23.8. The van der Waals surface area contributed by atoms with Crippen LogP contribution in [0, 0.1) is 0 Å². The smallest absolute Gasteiger partial charge is 0.145 e. The van der Waals surface area contributed by atoms with Crippen LogP contribution in [0.2, 0.25) is 5.02 Å². The molecule has 4 heterocycles. The number of aliphatic hydroxyl groups is 1. The van der Waals surface area contributed by atoms with Gasteiger partial charge in [0.05, 0.1) is 32.9 Å². The third kappa shape index (κ3) is 3.39. The van der Waals surface area contributed by atoms with Crippen molar-refractivity contribution in [2.75, 3.05) is 29.6 Å². The molecule has 2 atom stereocenters. The zero-order valence-electron chi connectivity index (χ0n) is 17.0. The fraction of sp³-hybridized carbons (Fsp3) is 0.571. The predicted octanol–water partition coefficient (Wildman–Crippen LogP) is 2.51. The molecule has 0 amide bonds. The maximum absolute atomic E-state index is 12.8. The molecule has 0 radical (unpaired) electrons. The Hall–Kier alpha value is -1.77. The molecule has 0 saturated heterocycles. The van der Waals surface area contributed by atoms with E-state index in [1.54, 1.807) is 12.4 Å². The molecule has 7 nitrogen and oxygen atoms in total. The van der Waals surface area contributed by atoms with Crippen molar-refractivity contribution in [3.05, 3.63) is 34.4 Å². The number of nitrogens with one attached hydrogen (secondary N) is 1. The highest BCUT2D eigenvalue weighted by molar-refractivity contribution is 7.85. The van der Waals surface area contributed by atoms with Gasteiger partial charge in [0.15, 0.2) is 0 Å². The molecule has 2 aliphatic heterocycles. The van der Waals surface area contributed by atoms with Crippen molar-refractivity contribution in [3.63, 3.8) is 0 Å². The Morgan fingerprint density at radius 3 is 2.77 bits per heavy atom. The quantitative estimate of drug-likeness (QED) is 0.702. The van der Waals surface area contributed by atoms with Gasteiger partial charge in [0.25, 0.3) is 0 Å². The van der Waals surface area contributed by atoms with Crippen LogP contribution in [0.15, 0.2) is 17.3 Å². The Morgan fingerprint density at radius 1 is 1.33 bits per heavy atom. The number of likely N-dealkylation sites (N-methyl/N-ethyl adjacent to an activating group) is 1. The first-order valence-electron chi connectivity index (χ1n) is 10.5. The van der Waals surface area contributed by atoms with Crippen LogP contribution in [-0.2, 0) is 30.1 Å². The lowest BCUT2D eigenvalue weighted by Crippen LogP contribution is -2.48. The van der Waals surface area contributed by atoms with Crippen molar-refractivity contribution in [1.82, 2.24) is 15.0 Å².